The second-order valence-electron chi connectivity index (χ2n) is 9.04. The van der Waals surface area contributed by atoms with Gasteiger partial charge in [-0.2, -0.15) is 4.99 Å². The van der Waals surface area contributed by atoms with E-state index in [1.165, 1.54) is 7.11 Å². The Bertz CT molecular complexity index is 1560. The number of hydrogen-bond acceptors (Lipinski definition) is 7. The van der Waals surface area contributed by atoms with Crippen LogP contribution in [0.2, 0.25) is 0 Å². The Morgan fingerprint density at radius 3 is 2.41 bits per heavy atom. The average molecular weight is 557 g/mol. The standard InChI is InChI=1S/C30H32N6O5/c1-4-41-30(39)34-28(31)20-10-13-22(14-11-20)32-19-26-33-24-18-21(12-15-25(24)35(26)2)29(38)36(17-16-27(37)40-3)23-8-6-5-7-9-23/h5-15,18,32H,4,16-17,19H2,1-3H3,(H2,31,34,39). The van der Waals surface area contributed by atoms with Crippen molar-refractivity contribution in [2.24, 2.45) is 17.8 Å². The Morgan fingerprint density at radius 2 is 1.73 bits per heavy atom. The third-order valence-electron chi connectivity index (χ3n) is 6.41. The molecule has 1 heterocycles. The summed E-state index contributed by atoms with van der Waals surface area (Å²) < 4.78 is 11.5. The monoisotopic (exact) mass is 556 g/mol. The summed E-state index contributed by atoms with van der Waals surface area (Å²) in [4.78, 5) is 46.9. The molecule has 0 saturated heterocycles. The summed E-state index contributed by atoms with van der Waals surface area (Å²) in [6, 6.07) is 21.8. The predicted molar refractivity (Wildman–Crippen MR) is 157 cm³/mol. The molecule has 0 unspecified atom stereocenters. The zero-order valence-electron chi connectivity index (χ0n) is 23.2. The van der Waals surface area contributed by atoms with Gasteiger partial charge in [-0.3, -0.25) is 9.59 Å². The van der Waals surface area contributed by atoms with E-state index in [4.69, 9.17) is 20.2 Å². The minimum atomic E-state index is -0.729. The highest BCUT2D eigenvalue weighted by Crippen LogP contribution is 2.22. The number of fused-ring (bicyclic) bond motifs is 1. The number of ether oxygens (including phenoxy) is 2. The second kappa shape index (κ2) is 13.2. The van der Waals surface area contributed by atoms with E-state index in [2.05, 4.69) is 10.3 Å². The molecule has 0 aliphatic carbocycles. The Morgan fingerprint density at radius 1 is 1.02 bits per heavy atom. The van der Waals surface area contributed by atoms with Gasteiger partial charge >= 0.3 is 12.1 Å². The molecule has 4 rings (SSSR count). The summed E-state index contributed by atoms with van der Waals surface area (Å²) in [6.45, 7) is 2.53. The Labute approximate surface area is 237 Å². The Kier molecular flexibility index (Phi) is 9.31. The normalized spacial score (nSPS) is 11.2. The Balaban J connectivity index is 1.49. The van der Waals surface area contributed by atoms with Gasteiger partial charge in [0.2, 0.25) is 0 Å². The maximum Gasteiger partial charge on any atom is 0.435 e. The van der Waals surface area contributed by atoms with Gasteiger partial charge in [-0.05, 0) is 61.5 Å². The lowest BCUT2D eigenvalue weighted by Crippen LogP contribution is -2.33. The second-order valence-corrected chi connectivity index (χ2v) is 9.04. The van der Waals surface area contributed by atoms with Crippen molar-refractivity contribution in [1.82, 2.24) is 9.55 Å². The molecule has 0 aliphatic rings. The van der Waals surface area contributed by atoms with E-state index in [9.17, 15) is 14.4 Å². The highest BCUT2D eigenvalue weighted by Gasteiger charge is 2.20. The van der Waals surface area contributed by atoms with Crippen molar-refractivity contribution in [2.45, 2.75) is 19.9 Å². The van der Waals surface area contributed by atoms with Crippen molar-refractivity contribution >= 4 is 46.2 Å². The molecule has 3 aromatic carbocycles. The van der Waals surface area contributed by atoms with Gasteiger partial charge in [0.05, 0.1) is 37.7 Å². The molecule has 11 heteroatoms. The van der Waals surface area contributed by atoms with Crippen LogP contribution in [0.1, 0.15) is 35.1 Å². The van der Waals surface area contributed by atoms with Crippen LogP contribution in [0.15, 0.2) is 77.8 Å². The number of aliphatic imine (C=N–C) groups is 1. The molecule has 0 fully saturated rings. The molecule has 41 heavy (non-hydrogen) atoms. The largest absolute Gasteiger partial charge is 0.469 e. The van der Waals surface area contributed by atoms with E-state index < -0.39 is 6.09 Å². The highest BCUT2D eigenvalue weighted by molar-refractivity contribution is 6.08. The number of carbonyl (C=O) groups excluding carboxylic acids is 3. The van der Waals surface area contributed by atoms with Crippen LogP contribution in [0.4, 0.5) is 16.2 Å². The van der Waals surface area contributed by atoms with Crippen LogP contribution in [-0.4, -0.2) is 53.6 Å². The number of anilines is 2. The third-order valence-corrected chi connectivity index (χ3v) is 6.41. The first kappa shape index (κ1) is 28.8. The molecule has 0 aliphatic heterocycles. The minimum absolute atomic E-state index is 0.0740. The summed E-state index contributed by atoms with van der Waals surface area (Å²) in [5.41, 5.74) is 10.0. The molecule has 0 atom stereocenters. The van der Waals surface area contributed by atoms with Crippen molar-refractivity contribution in [3.05, 3.63) is 89.7 Å². The number of nitrogens with zero attached hydrogens (tertiary/aromatic N) is 4. The number of nitrogens with one attached hydrogen (secondary N) is 1. The first-order valence-corrected chi connectivity index (χ1v) is 13.0. The number of rotatable bonds is 10. The summed E-state index contributed by atoms with van der Waals surface area (Å²) >= 11 is 0. The number of amidine groups is 1. The lowest BCUT2D eigenvalue weighted by molar-refractivity contribution is -0.140. The molecular formula is C30H32N6O5. The number of carbonyl (C=O) groups is 3. The number of nitrogens with two attached hydrogens (primary N) is 1. The molecule has 11 nitrogen and oxygen atoms in total. The molecule has 212 valence electrons. The molecule has 0 bridgehead atoms. The van der Waals surface area contributed by atoms with Crippen molar-refractivity contribution in [1.29, 1.82) is 0 Å². The number of para-hydroxylation sites is 1. The number of esters is 1. The van der Waals surface area contributed by atoms with Crippen molar-refractivity contribution in [3.63, 3.8) is 0 Å². The van der Waals surface area contributed by atoms with Gasteiger partial charge in [0, 0.05) is 36.1 Å². The minimum Gasteiger partial charge on any atom is -0.469 e. The zero-order chi connectivity index (χ0) is 29.4. The van der Waals surface area contributed by atoms with Crippen LogP contribution < -0.4 is 16.0 Å². The molecule has 2 amide bonds. The van der Waals surface area contributed by atoms with Gasteiger partial charge in [-0.1, -0.05) is 18.2 Å². The van der Waals surface area contributed by atoms with Crippen molar-refractivity contribution < 1.29 is 23.9 Å². The highest BCUT2D eigenvalue weighted by atomic mass is 16.5. The Hall–Kier alpha value is -5.19. The topological polar surface area (TPSA) is 141 Å². The van der Waals surface area contributed by atoms with Gasteiger partial charge in [-0.25, -0.2) is 9.78 Å². The summed E-state index contributed by atoms with van der Waals surface area (Å²) in [5, 5.41) is 3.33. The van der Waals surface area contributed by atoms with Crippen molar-refractivity contribution in [2.75, 3.05) is 30.5 Å². The summed E-state index contributed by atoms with van der Waals surface area (Å²) in [5.74, 6) is 0.214. The van der Waals surface area contributed by atoms with E-state index in [1.54, 1.807) is 36.1 Å². The van der Waals surface area contributed by atoms with Gasteiger partial charge in [-0.15, -0.1) is 0 Å². The smallest absolute Gasteiger partial charge is 0.435 e. The van der Waals surface area contributed by atoms with Gasteiger partial charge in [0.25, 0.3) is 5.91 Å². The summed E-state index contributed by atoms with van der Waals surface area (Å²) in [7, 11) is 3.24. The molecule has 0 saturated carbocycles. The number of methoxy groups -OCH3 is 1. The first-order chi connectivity index (χ1) is 19.8. The molecule has 1 aromatic heterocycles. The van der Waals surface area contributed by atoms with E-state index in [1.807, 2.05) is 60.1 Å². The molecule has 0 spiro atoms. The number of aryl methyl sites for hydroxylation is 1. The molecule has 4 aromatic rings. The van der Waals surface area contributed by atoms with Crippen LogP contribution in [0.25, 0.3) is 11.0 Å². The number of hydrogen-bond donors (Lipinski definition) is 2. The zero-order valence-corrected chi connectivity index (χ0v) is 23.2. The number of aromatic nitrogens is 2. The van der Waals surface area contributed by atoms with Gasteiger partial charge < -0.3 is 30.0 Å². The van der Waals surface area contributed by atoms with Crippen LogP contribution in [0, 0.1) is 0 Å². The quantitative estimate of drug-likeness (QED) is 0.168. The van der Waals surface area contributed by atoms with Gasteiger partial charge in [0.15, 0.2) is 0 Å². The van der Waals surface area contributed by atoms with Gasteiger partial charge in [0.1, 0.15) is 11.7 Å². The molecular weight excluding hydrogens is 524 g/mol. The lowest BCUT2D eigenvalue weighted by Gasteiger charge is -2.22. The van der Waals surface area contributed by atoms with Crippen molar-refractivity contribution in [3.8, 4) is 0 Å². The fraction of sp³-hybridized carbons (Fsp3) is 0.233. The number of amides is 2. The fourth-order valence-electron chi connectivity index (χ4n) is 4.22. The third kappa shape index (κ3) is 7.07. The van der Waals surface area contributed by atoms with E-state index in [-0.39, 0.29) is 37.3 Å². The maximum absolute atomic E-state index is 13.5. The number of imidazole rings is 1. The van der Waals surface area contributed by atoms with Crippen LogP contribution in [0.5, 0.6) is 0 Å². The fourth-order valence-corrected chi connectivity index (χ4v) is 4.22. The first-order valence-electron chi connectivity index (χ1n) is 13.0. The molecule has 3 N–H and O–H groups in total. The van der Waals surface area contributed by atoms with Crippen LogP contribution in [-0.2, 0) is 27.9 Å². The van der Waals surface area contributed by atoms with Crippen LogP contribution in [0.3, 0.4) is 0 Å². The summed E-state index contributed by atoms with van der Waals surface area (Å²) in [6.07, 6.45) is -0.655. The predicted octanol–water partition coefficient (Wildman–Crippen LogP) is 4.26. The number of benzene rings is 3. The maximum atomic E-state index is 13.5. The SMILES string of the molecule is CCOC(=O)N=C(N)c1ccc(NCc2nc3cc(C(=O)N(CCC(=O)OC)c4ccccc4)ccc3n2C)cc1. The van der Waals surface area contributed by atoms with E-state index >= 15 is 0 Å². The lowest BCUT2D eigenvalue weighted by atomic mass is 10.1. The average Bonchev–Trinajstić information content (AvgIpc) is 3.31. The van der Waals surface area contributed by atoms with E-state index in [0.29, 0.717) is 28.9 Å². The van der Waals surface area contributed by atoms with Crippen LogP contribution >= 0.6 is 0 Å². The van der Waals surface area contributed by atoms with E-state index in [0.717, 1.165) is 17.0 Å². The molecule has 0 radical (unpaired) electrons.